The smallest absolute Gasteiger partial charge is 0.268 e. The Morgan fingerprint density at radius 1 is 1.15 bits per heavy atom. The number of nitrogens with zero attached hydrogens (tertiary/aromatic N) is 1. The lowest BCUT2D eigenvalue weighted by Crippen LogP contribution is -2.30. The van der Waals surface area contributed by atoms with Gasteiger partial charge in [-0.3, -0.25) is 9.36 Å². The molecule has 0 aliphatic heterocycles. The third kappa shape index (κ3) is 4.53. The van der Waals surface area contributed by atoms with Crippen LogP contribution in [0.5, 0.6) is 0 Å². The summed E-state index contributed by atoms with van der Waals surface area (Å²) in [6.07, 6.45) is 3.49. The van der Waals surface area contributed by atoms with Gasteiger partial charge in [-0.25, -0.2) is 0 Å². The van der Waals surface area contributed by atoms with E-state index in [1.165, 1.54) is 19.5 Å². The molecule has 0 radical (unpaired) electrons. The van der Waals surface area contributed by atoms with Crippen LogP contribution < -0.4 is 20.7 Å². The molecule has 2 heterocycles. The highest BCUT2D eigenvalue weighted by atomic mass is 35.5. The lowest BCUT2D eigenvalue weighted by molar-refractivity contribution is -0.605. The summed E-state index contributed by atoms with van der Waals surface area (Å²) < 4.78 is 20.7. The summed E-state index contributed by atoms with van der Waals surface area (Å²) in [5.41, 5.74) is 2.53. The summed E-state index contributed by atoms with van der Waals surface area (Å²) in [6.45, 7) is 2.21. The first-order chi connectivity index (χ1) is 15.9. The Balaban J connectivity index is 1.82. The number of aryl methyl sites for hydroxylation is 1. The number of H-pyrrole nitrogens is 1. The minimum Gasteiger partial charge on any atom is -0.619 e. The summed E-state index contributed by atoms with van der Waals surface area (Å²) in [7, 11) is -2.27. The van der Waals surface area contributed by atoms with Crippen molar-refractivity contribution in [1.82, 2.24) is 10.3 Å². The van der Waals surface area contributed by atoms with Gasteiger partial charge in [-0.05, 0) is 47.9 Å². The third-order valence-corrected chi connectivity index (χ3v) is 8.26. The molecule has 0 bridgehead atoms. The van der Waals surface area contributed by atoms with Crippen molar-refractivity contribution in [3.63, 3.8) is 0 Å². The molecule has 0 aliphatic carbocycles. The molecule has 0 aliphatic rings. The molecule has 0 saturated carbocycles. The lowest BCUT2D eigenvalue weighted by Gasteiger charge is -2.19. The van der Waals surface area contributed by atoms with Gasteiger partial charge >= 0.3 is 0 Å². The number of carbonyl (C=O) groups excluding carboxylic acids is 1. The number of fused-ring (bicyclic) bond motifs is 1. The summed E-state index contributed by atoms with van der Waals surface area (Å²) >= 11 is 6.25. The molecule has 2 N–H and O–H groups in total. The van der Waals surface area contributed by atoms with Crippen LogP contribution in [-0.2, 0) is 22.1 Å². The van der Waals surface area contributed by atoms with E-state index in [1.807, 2.05) is 25.1 Å². The van der Waals surface area contributed by atoms with E-state index in [9.17, 15) is 14.6 Å². The van der Waals surface area contributed by atoms with Crippen molar-refractivity contribution in [2.75, 3.05) is 7.11 Å². The largest absolute Gasteiger partial charge is 0.619 e. The van der Waals surface area contributed by atoms with Gasteiger partial charge in [0.25, 0.3) is 13.3 Å². The maximum atomic E-state index is 14.4. The van der Waals surface area contributed by atoms with Crippen LogP contribution in [0.2, 0.25) is 5.02 Å². The molecular weight excluding hydrogens is 461 g/mol. The summed E-state index contributed by atoms with van der Waals surface area (Å²) in [5, 5.41) is 15.9. The number of aromatic amines is 1. The van der Waals surface area contributed by atoms with Crippen molar-refractivity contribution in [2.45, 2.75) is 19.9 Å². The number of aromatic nitrogens is 2. The molecule has 4 rings (SSSR count). The van der Waals surface area contributed by atoms with Gasteiger partial charge in [-0.1, -0.05) is 30.7 Å². The maximum absolute atomic E-state index is 14.4. The number of pyridine rings is 1. The molecule has 33 heavy (non-hydrogen) atoms. The molecule has 2 aromatic carbocycles. The lowest BCUT2D eigenvalue weighted by atomic mass is 10.2. The maximum Gasteiger partial charge on any atom is 0.268 e. The first kappa shape index (κ1) is 23.1. The number of hydrogen-bond acceptors (Lipinski definition) is 4. The number of benzene rings is 2. The van der Waals surface area contributed by atoms with Crippen LogP contribution in [0.1, 0.15) is 28.5 Å². The molecule has 1 amide bonds. The predicted octanol–water partition coefficient (Wildman–Crippen LogP) is 3.82. The van der Waals surface area contributed by atoms with Crippen molar-refractivity contribution < 1.29 is 18.6 Å². The second-order valence-corrected chi connectivity index (χ2v) is 10.4. The fraction of sp³-hybridized carbons (Fsp3) is 0.167. The van der Waals surface area contributed by atoms with E-state index in [0.29, 0.717) is 26.0 Å². The first-order valence-corrected chi connectivity index (χ1v) is 12.4. The van der Waals surface area contributed by atoms with Gasteiger partial charge in [0.15, 0.2) is 12.4 Å². The second-order valence-electron chi connectivity index (χ2n) is 7.54. The zero-order valence-electron chi connectivity index (χ0n) is 18.2. The highest BCUT2D eigenvalue weighted by Crippen LogP contribution is 2.47. The Hall–Kier alpha value is -3.12. The average Bonchev–Trinajstić information content (AvgIpc) is 3.22. The van der Waals surface area contributed by atoms with E-state index in [2.05, 4.69) is 10.3 Å². The average molecular weight is 484 g/mol. The van der Waals surface area contributed by atoms with Gasteiger partial charge in [0.2, 0.25) is 0 Å². The number of rotatable bonds is 7. The fourth-order valence-electron chi connectivity index (χ4n) is 3.74. The molecule has 0 spiro atoms. The standard InChI is InChI=1S/C24H23ClN3O4P/c1-3-16-5-4-6-19(13-16)33(31,32-2)23-20-14-18(25)7-8-21(20)27-22(23)24(29)26-15-17-9-11-28(30)12-10-17/h4-14,27H,3,15H2,1-2H3,(H,26,29). The minimum atomic E-state index is -3.65. The van der Waals surface area contributed by atoms with E-state index in [0.717, 1.165) is 17.5 Å². The molecule has 7 nitrogen and oxygen atoms in total. The van der Waals surface area contributed by atoms with Crippen LogP contribution >= 0.6 is 19.0 Å². The number of hydrogen-bond donors (Lipinski definition) is 2. The zero-order chi connectivity index (χ0) is 23.6. The van der Waals surface area contributed by atoms with Crippen molar-refractivity contribution in [3.05, 3.63) is 94.0 Å². The van der Waals surface area contributed by atoms with Crippen LogP contribution in [-0.4, -0.2) is 18.0 Å². The Morgan fingerprint density at radius 2 is 1.91 bits per heavy atom. The Labute approximate surface area is 196 Å². The van der Waals surface area contributed by atoms with E-state index in [4.69, 9.17) is 16.1 Å². The number of nitrogens with one attached hydrogen (secondary N) is 2. The van der Waals surface area contributed by atoms with Crippen LogP contribution in [0.3, 0.4) is 0 Å². The molecule has 1 unspecified atom stereocenters. The topological polar surface area (TPSA) is 98.1 Å². The van der Waals surface area contributed by atoms with E-state index < -0.39 is 13.3 Å². The number of carbonyl (C=O) groups is 1. The molecule has 2 aromatic heterocycles. The molecule has 170 valence electrons. The zero-order valence-corrected chi connectivity index (χ0v) is 19.8. The van der Waals surface area contributed by atoms with Crippen LogP contribution in [0.4, 0.5) is 0 Å². The fourth-order valence-corrected chi connectivity index (χ4v) is 6.13. The SMILES string of the molecule is CCc1cccc(P(=O)(OC)c2c(C(=O)NCc3cc[n+]([O-])cc3)[nH]c3ccc(Cl)cc23)c1. The van der Waals surface area contributed by atoms with Gasteiger partial charge in [0.1, 0.15) is 5.69 Å². The van der Waals surface area contributed by atoms with Crippen molar-refractivity contribution >= 4 is 46.4 Å². The second kappa shape index (κ2) is 9.40. The van der Waals surface area contributed by atoms with E-state index in [-0.39, 0.29) is 17.5 Å². The van der Waals surface area contributed by atoms with Crippen molar-refractivity contribution in [1.29, 1.82) is 0 Å². The highest BCUT2D eigenvalue weighted by molar-refractivity contribution is 7.75. The van der Waals surface area contributed by atoms with E-state index in [1.54, 1.807) is 36.4 Å². The van der Waals surface area contributed by atoms with Crippen LogP contribution in [0, 0.1) is 5.21 Å². The summed E-state index contributed by atoms with van der Waals surface area (Å²) in [6, 6.07) is 15.7. The number of amides is 1. The first-order valence-electron chi connectivity index (χ1n) is 10.4. The molecule has 0 fully saturated rings. The van der Waals surface area contributed by atoms with Gasteiger partial charge in [-0.2, -0.15) is 4.73 Å². The van der Waals surface area contributed by atoms with Gasteiger partial charge in [0, 0.05) is 47.0 Å². The minimum absolute atomic E-state index is 0.147. The highest BCUT2D eigenvalue weighted by Gasteiger charge is 2.36. The normalized spacial score (nSPS) is 13.1. The van der Waals surface area contributed by atoms with Gasteiger partial charge < -0.3 is 20.0 Å². The van der Waals surface area contributed by atoms with Gasteiger partial charge in [-0.15, -0.1) is 0 Å². The molecular formula is C24H23ClN3O4P. The van der Waals surface area contributed by atoms with Crippen LogP contribution in [0.15, 0.2) is 67.0 Å². The van der Waals surface area contributed by atoms with Gasteiger partial charge in [0.05, 0.1) is 5.30 Å². The summed E-state index contributed by atoms with van der Waals surface area (Å²) in [4.78, 5) is 16.4. The van der Waals surface area contributed by atoms with Crippen LogP contribution in [0.25, 0.3) is 10.9 Å². The number of halogens is 1. The molecule has 4 aromatic rings. The Kier molecular flexibility index (Phi) is 6.56. The van der Waals surface area contributed by atoms with Crippen molar-refractivity contribution in [3.8, 4) is 0 Å². The molecule has 9 heteroatoms. The summed E-state index contributed by atoms with van der Waals surface area (Å²) in [5.74, 6) is -0.444. The molecule has 0 saturated heterocycles. The Morgan fingerprint density at radius 3 is 2.61 bits per heavy atom. The third-order valence-electron chi connectivity index (χ3n) is 5.49. The Bertz CT molecular complexity index is 1370. The van der Waals surface area contributed by atoms with E-state index >= 15 is 0 Å². The predicted molar refractivity (Wildman–Crippen MR) is 130 cm³/mol. The quantitative estimate of drug-likeness (QED) is 0.237. The molecule has 1 atom stereocenters. The van der Waals surface area contributed by atoms with Crippen molar-refractivity contribution in [2.24, 2.45) is 0 Å². The monoisotopic (exact) mass is 483 g/mol.